The maximum atomic E-state index is 12.2. The molecule has 0 radical (unpaired) electrons. The topological polar surface area (TPSA) is 38.8 Å². The molecule has 0 aromatic heterocycles. The molecule has 1 heterocycles. The second-order valence-electron chi connectivity index (χ2n) is 6.48. The molecule has 1 aliphatic heterocycles. The third-order valence-electron chi connectivity index (χ3n) is 3.39. The van der Waals surface area contributed by atoms with Gasteiger partial charge in [0.2, 0.25) is 0 Å². The van der Waals surface area contributed by atoms with Gasteiger partial charge in [-0.3, -0.25) is 0 Å². The van der Waals surface area contributed by atoms with Crippen molar-refractivity contribution in [3.63, 3.8) is 0 Å². The van der Waals surface area contributed by atoms with Crippen LogP contribution < -0.4 is 4.74 Å². The number of likely N-dealkylation sites (tertiary alicyclic amines) is 1. The summed E-state index contributed by atoms with van der Waals surface area (Å²) in [5.41, 5.74) is -0.520. The Morgan fingerprint density at radius 1 is 1.26 bits per heavy atom. The molecule has 4 nitrogen and oxygen atoms in total. The molecule has 128 valence electrons. The average Bonchev–Trinajstić information content (AvgIpc) is 2.83. The van der Waals surface area contributed by atoms with E-state index in [1.165, 1.54) is 0 Å². The fourth-order valence-electron chi connectivity index (χ4n) is 2.42. The first kappa shape index (κ1) is 18.5. The molecule has 0 spiro atoms. The molecule has 1 aromatic rings. The van der Waals surface area contributed by atoms with E-state index in [4.69, 9.17) is 44.3 Å². The Bertz CT molecular complexity index is 563. The molecule has 7 heteroatoms. The maximum absolute atomic E-state index is 12.2. The quantitative estimate of drug-likeness (QED) is 0.702. The second kappa shape index (κ2) is 7.37. The highest BCUT2D eigenvalue weighted by molar-refractivity contribution is 6.40. The van der Waals surface area contributed by atoms with Crippen molar-refractivity contribution in [3.8, 4) is 5.75 Å². The molecule has 1 aliphatic rings. The van der Waals surface area contributed by atoms with E-state index in [0.29, 0.717) is 34.0 Å². The van der Waals surface area contributed by atoms with Gasteiger partial charge >= 0.3 is 6.09 Å². The minimum atomic E-state index is -0.520. The van der Waals surface area contributed by atoms with Crippen LogP contribution in [-0.4, -0.2) is 35.8 Å². The number of hydrogen-bond donors (Lipinski definition) is 0. The van der Waals surface area contributed by atoms with Crippen LogP contribution in [0.1, 0.15) is 33.6 Å². The minimum absolute atomic E-state index is 0.0624. The molecule has 0 unspecified atom stereocenters. The Balaban J connectivity index is 2.01. The number of carbonyl (C=O) groups excluding carboxylic acids is 1. The number of benzene rings is 1. The molecule has 1 aromatic carbocycles. The molecule has 1 amide bonds. The summed E-state index contributed by atoms with van der Waals surface area (Å²) >= 11 is 18.1. The summed E-state index contributed by atoms with van der Waals surface area (Å²) in [6.07, 6.45) is 1.44. The highest BCUT2D eigenvalue weighted by Crippen LogP contribution is 2.36. The molecule has 0 saturated carbocycles. The lowest BCUT2D eigenvalue weighted by Gasteiger charge is -2.28. The van der Waals surface area contributed by atoms with Crippen molar-refractivity contribution in [3.05, 3.63) is 27.2 Å². The van der Waals surface area contributed by atoms with Crippen molar-refractivity contribution in [2.24, 2.45) is 0 Å². The third-order valence-corrected chi connectivity index (χ3v) is 4.17. The van der Waals surface area contributed by atoms with Crippen molar-refractivity contribution < 1.29 is 14.3 Å². The maximum Gasteiger partial charge on any atom is 0.410 e. The van der Waals surface area contributed by atoms with E-state index in [1.54, 1.807) is 17.0 Å². The van der Waals surface area contributed by atoms with E-state index in [0.717, 1.165) is 12.8 Å². The van der Waals surface area contributed by atoms with Crippen LogP contribution in [0.15, 0.2) is 12.1 Å². The summed E-state index contributed by atoms with van der Waals surface area (Å²) in [6.45, 7) is 6.50. The monoisotopic (exact) mass is 379 g/mol. The van der Waals surface area contributed by atoms with Crippen molar-refractivity contribution in [2.75, 3.05) is 13.2 Å². The summed E-state index contributed by atoms with van der Waals surface area (Å²) in [5, 5.41) is 1.15. The van der Waals surface area contributed by atoms with Gasteiger partial charge in [-0.05, 0) is 45.7 Å². The van der Waals surface area contributed by atoms with E-state index < -0.39 is 5.60 Å². The van der Waals surface area contributed by atoms with Crippen LogP contribution in [0.3, 0.4) is 0 Å². The van der Waals surface area contributed by atoms with E-state index in [2.05, 4.69) is 0 Å². The van der Waals surface area contributed by atoms with Gasteiger partial charge in [0.05, 0.1) is 16.1 Å². The number of halogens is 3. The first-order chi connectivity index (χ1) is 10.7. The van der Waals surface area contributed by atoms with Crippen LogP contribution >= 0.6 is 34.8 Å². The van der Waals surface area contributed by atoms with Crippen molar-refractivity contribution in [1.82, 2.24) is 4.90 Å². The van der Waals surface area contributed by atoms with Crippen molar-refractivity contribution >= 4 is 40.9 Å². The van der Waals surface area contributed by atoms with E-state index in [-0.39, 0.29) is 12.1 Å². The summed E-state index contributed by atoms with van der Waals surface area (Å²) in [5.74, 6) is 0.383. The third kappa shape index (κ3) is 5.07. The SMILES string of the molecule is CC(C)(C)OC(=O)N1CCC[C@H]1COc1c(Cl)cc(Cl)cc1Cl. The highest BCUT2D eigenvalue weighted by Gasteiger charge is 2.32. The molecule has 2 rings (SSSR count). The lowest BCUT2D eigenvalue weighted by Crippen LogP contribution is -2.42. The van der Waals surface area contributed by atoms with Gasteiger partial charge in [-0.25, -0.2) is 4.79 Å². The normalized spacial score (nSPS) is 18.2. The Hall–Kier alpha value is -0.840. The zero-order chi connectivity index (χ0) is 17.2. The van der Waals surface area contributed by atoms with Gasteiger partial charge < -0.3 is 14.4 Å². The van der Waals surface area contributed by atoms with Crippen LogP contribution in [0.4, 0.5) is 4.79 Å². The number of hydrogen-bond acceptors (Lipinski definition) is 3. The Morgan fingerprint density at radius 3 is 2.43 bits per heavy atom. The van der Waals surface area contributed by atoms with Gasteiger partial charge in [-0.15, -0.1) is 0 Å². The number of rotatable bonds is 3. The van der Waals surface area contributed by atoms with Crippen LogP contribution in [0, 0.1) is 0 Å². The molecule has 1 fully saturated rings. The Kier molecular flexibility index (Phi) is 5.93. The minimum Gasteiger partial charge on any atom is -0.488 e. The molecule has 1 atom stereocenters. The summed E-state index contributed by atoms with van der Waals surface area (Å²) in [6, 6.07) is 3.09. The van der Waals surface area contributed by atoms with Crippen LogP contribution in [0.25, 0.3) is 0 Å². The molecular weight excluding hydrogens is 361 g/mol. The van der Waals surface area contributed by atoms with E-state index >= 15 is 0 Å². The van der Waals surface area contributed by atoms with Gasteiger partial charge in [-0.1, -0.05) is 34.8 Å². The average molecular weight is 381 g/mol. The van der Waals surface area contributed by atoms with E-state index in [9.17, 15) is 4.79 Å². The molecular formula is C16H20Cl3NO3. The molecule has 0 bridgehead atoms. The predicted octanol–water partition coefficient (Wildman–Crippen LogP) is 5.43. The number of ether oxygens (including phenoxy) is 2. The van der Waals surface area contributed by atoms with Crippen LogP contribution in [-0.2, 0) is 4.74 Å². The largest absolute Gasteiger partial charge is 0.488 e. The first-order valence-electron chi connectivity index (χ1n) is 7.44. The highest BCUT2D eigenvalue weighted by atomic mass is 35.5. The molecule has 0 N–H and O–H groups in total. The Labute approximate surface area is 151 Å². The smallest absolute Gasteiger partial charge is 0.410 e. The first-order valence-corrected chi connectivity index (χ1v) is 8.58. The van der Waals surface area contributed by atoms with Gasteiger partial charge in [0, 0.05) is 11.6 Å². The zero-order valence-electron chi connectivity index (χ0n) is 13.4. The number of nitrogens with zero attached hydrogens (tertiary/aromatic N) is 1. The summed E-state index contributed by atoms with van der Waals surface area (Å²) in [7, 11) is 0. The molecule has 23 heavy (non-hydrogen) atoms. The van der Waals surface area contributed by atoms with Crippen LogP contribution in [0.2, 0.25) is 15.1 Å². The fraction of sp³-hybridized carbons (Fsp3) is 0.562. The second-order valence-corrected chi connectivity index (χ2v) is 7.73. The predicted molar refractivity (Wildman–Crippen MR) is 92.9 cm³/mol. The molecule has 0 aliphatic carbocycles. The number of amides is 1. The fourth-order valence-corrected chi connectivity index (χ4v) is 3.34. The van der Waals surface area contributed by atoms with Gasteiger partial charge in [0.1, 0.15) is 12.2 Å². The summed E-state index contributed by atoms with van der Waals surface area (Å²) in [4.78, 5) is 13.9. The van der Waals surface area contributed by atoms with Crippen molar-refractivity contribution in [2.45, 2.75) is 45.3 Å². The molecule has 1 saturated heterocycles. The zero-order valence-corrected chi connectivity index (χ0v) is 15.6. The van der Waals surface area contributed by atoms with Gasteiger partial charge in [0.25, 0.3) is 0 Å². The standard InChI is InChI=1S/C16H20Cl3NO3/c1-16(2,3)23-15(21)20-6-4-5-11(20)9-22-14-12(18)7-10(17)8-13(14)19/h7-8,11H,4-6,9H2,1-3H3/t11-/m0/s1. The number of carbonyl (C=O) groups is 1. The van der Waals surface area contributed by atoms with Crippen LogP contribution in [0.5, 0.6) is 5.75 Å². The Morgan fingerprint density at radius 2 is 1.87 bits per heavy atom. The van der Waals surface area contributed by atoms with Gasteiger partial charge in [0.15, 0.2) is 5.75 Å². The lowest BCUT2D eigenvalue weighted by atomic mass is 10.2. The lowest BCUT2D eigenvalue weighted by molar-refractivity contribution is 0.0187. The van der Waals surface area contributed by atoms with Gasteiger partial charge in [-0.2, -0.15) is 0 Å². The van der Waals surface area contributed by atoms with E-state index in [1.807, 2.05) is 20.8 Å². The van der Waals surface area contributed by atoms with Crippen molar-refractivity contribution in [1.29, 1.82) is 0 Å². The summed E-state index contributed by atoms with van der Waals surface area (Å²) < 4.78 is 11.2.